The fourth-order valence-corrected chi connectivity index (χ4v) is 2.30. The van der Waals surface area contributed by atoms with Crippen molar-refractivity contribution in [2.45, 2.75) is 34.1 Å². The molecule has 0 spiro atoms. The molecule has 0 bridgehead atoms. The van der Waals surface area contributed by atoms with Crippen LogP contribution in [0, 0.1) is 18.3 Å². The van der Waals surface area contributed by atoms with Gasteiger partial charge >= 0.3 is 0 Å². The van der Waals surface area contributed by atoms with Crippen LogP contribution in [0.1, 0.15) is 31.5 Å². The Hall–Kier alpha value is -0.410. The molecule has 0 aliphatic rings. The van der Waals surface area contributed by atoms with E-state index in [-0.39, 0.29) is 5.41 Å². The van der Waals surface area contributed by atoms with E-state index in [9.17, 15) is 0 Å². The predicted molar refractivity (Wildman–Crippen MR) is 62.6 cm³/mol. The first-order valence-corrected chi connectivity index (χ1v) is 5.92. The Morgan fingerprint density at radius 1 is 1.50 bits per heavy atom. The molecule has 0 amide bonds. The van der Waals surface area contributed by atoms with Crippen molar-refractivity contribution in [3.8, 4) is 0 Å². The zero-order valence-corrected chi connectivity index (χ0v) is 10.3. The van der Waals surface area contributed by atoms with Crippen molar-refractivity contribution in [3.05, 3.63) is 16.1 Å². The van der Waals surface area contributed by atoms with Crippen LogP contribution in [-0.2, 0) is 6.42 Å². The van der Waals surface area contributed by atoms with Crippen molar-refractivity contribution in [1.29, 1.82) is 0 Å². The van der Waals surface area contributed by atoms with Crippen molar-refractivity contribution in [2.24, 2.45) is 17.1 Å². The van der Waals surface area contributed by atoms with Gasteiger partial charge in [-0.25, -0.2) is 4.98 Å². The molecule has 1 aromatic rings. The summed E-state index contributed by atoms with van der Waals surface area (Å²) in [5, 5.41) is 3.32. The molecular weight excluding hydrogens is 192 g/mol. The summed E-state index contributed by atoms with van der Waals surface area (Å²) >= 11 is 1.74. The van der Waals surface area contributed by atoms with Gasteiger partial charge in [0.05, 0.1) is 5.01 Å². The third-order valence-corrected chi connectivity index (χ3v) is 3.59. The molecule has 1 heterocycles. The third-order valence-electron chi connectivity index (χ3n) is 2.60. The molecular formula is C11H20N2S. The molecule has 1 unspecified atom stereocenters. The number of hydrogen-bond acceptors (Lipinski definition) is 3. The summed E-state index contributed by atoms with van der Waals surface area (Å²) in [5.74, 6) is 0.521. The molecule has 2 nitrogen and oxygen atoms in total. The van der Waals surface area contributed by atoms with E-state index in [2.05, 4.69) is 31.1 Å². The van der Waals surface area contributed by atoms with E-state index in [1.807, 2.05) is 6.92 Å². The van der Waals surface area contributed by atoms with Gasteiger partial charge in [0.2, 0.25) is 0 Å². The lowest BCUT2D eigenvalue weighted by atomic mass is 9.79. The van der Waals surface area contributed by atoms with E-state index in [0.29, 0.717) is 5.92 Å². The Labute approximate surface area is 90.6 Å². The van der Waals surface area contributed by atoms with Gasteiger partial charge in [-0.2, -0.15) is 0 Å². The van der Waals surface area contributed by atoms with Crippen molar-refractivity contribution in [2.75, 3.05) is 6.54 Å². The third kappa shape index (κ3) is 3.07. The van der Waals surface area contributed by atoms with E-state index in [4.69, 9.17) is 5.73 Å². The molecule has 2 N–H and O–H groups in total. The maximum Gasteiger partial charge on any atom is 0.0931 e. The van der Waals surface area contributed by atoms with Crippen molar-refractivity contribution in [3.63, 3.8) is 0 Å². The monoisotopic (exact) mass is 212 g/mol. The summed E-state index contributed by atoms with van der Waals surface area (Å²) in [4.78, 5) is 4.47. The molecule has 0 aliphatic heterocycles. The highest BCUT2D eigenvalue weighted by molar-refractivity contribution is 7.09. The van der Waals surface area contributed by atoms with Crippen LogP contribution in [0.15, 0.2) is 5.38 Å². The molecule has 0 aliphatic carbocycles. The Morgan fingerprint density at radius 2 is 2.14 bits per heavy atom. The van der Waals surface area contributed by atoms with Gasteiger partial charge in [0, 0.05) is 17.5 Å². The number of rotatable bonds is 3. The molecule has 3 heteroatoms. The largest absolute Gasteiger partial charge is 0.330 e. The van der Waals surface area contributed by atoms with Crippen LogP contribution < -0.4 is 5.73 Å². The van der Waals surface area contributed by atoms with E-state index in [1.54, 1.807) is 11.3 Å². The molecule has 0 saturated carbocycles. The summed E-state index contributed by atoms with van der Waals surface area (Å²) in [5.41, 5.74) is 7.18. The molecule has 0 aromatic carbocycles. The number of aryl methyl sites for hydroxylation is 1. The van der Waals surface area contributed by atoms with Gasteiger partial charge in [-0.05, 0) is 24.8 Å². The normalized spacial score (nSPS) is 14.4. The fourth-order valence-electron chi connectivity index (χ4n) is 1.45. The number of nitrogens with two attached hydrogens (primary N) is 1. The minimum atomic E-state index is 0.272. The minimum Gasteiger partial charge on any atom is -0.330 e. The van der Waals surface area contributed by atoms with Gasteiger partial charge < -0.3 is 5.73 Å². The second kappa shape index (κ2) is 4.41. The van der Waals surface area contributed by atoms with E-state index in [1.165, 1.54) is 5.01 Å². The first-order chi connectivity index (χ1) is 6.43. The lowest BCUT2D eigenvalue weighted by Crippen LogP contribution is -2.29. The number of aromatic nitrogens is 1. The van der Waals surface area contributed by atoms with Crippen LogP contribution in [-0.4, -0.2) is 11.5 Å². The van der Waals surface area contributed by atoms with Crippen LogP contribution in [0.2, 0.25) is 0 Å². The van der Waals surface area contributed by atoms with Crippen molar-refractivity contribution >= 4 is 11.3 Å². The lowest BCUT2D eigenvalue weighted by Gasteiger charge is -2.28. The minimum absolute atomic E-state index is 0.272. The van der Waals surface area contributed by atoms with Crippen LogP contribution in [0.5, 0.6) is 0 Å². The summed E-state index contributed by atoms with van der Waals surface area (Å²) in [6.45, 7) is 9.50. The Morgan fingerprint density at radius 3 is 2.50 bits per heavy atom. The molecule has 1 aromatic heterocycles. The highest BCUT2D eigenvalue weighted by atomic mass is 32.1. The first kappa shape index (κ1) is 11.7. The van der Waals surface area contributed by atoms with Gasteiger partial charge in [0.1, 0.15) is 0 Å². The van der Waals surface area contributed by atoms with Gasteiger partial charge in [-0.15, -0.1) is 11.3 Å². The second-order valence-electron chi connectivity index (χ2n) is 4.89. The molecule has 1 rings (SSSR count). The number of nitrogens with zero attached hydrogens (tertiary/aromatic N) is 1. The highest BCUT2D eigenvalue weighted by Crippen LogP contribution is 2.28. The van der Waals surface area contributed by atoms with Gasteiger partial charge in [0.15, 0.2) is 0 Å². The topological polar surface area (TPSA) is 38.9 Å². The molecule has 80 valence electrons. The SMILES string of the molecule is Cc1csc(CC(CN)C(C)(C)C)n1. The van der Waals surface area contributed by atoms with Crippen LogP contribution in [0.3, 0.4) is 0 Å². The smallest absolute Gasteiger partial charge is 0.0931 e. The average Bonchev–Trinajstić information content (AvgIpc) is 2.45. The zero-order valence-electron chi connectivity index (χ0n) is 9.50. The summed E-state index contributed by atoms with van der Waals surface area (Å²) < 4.78 is 0. The van der Waals surface area contributed by atoms with Crippen molar-refractivity contribution < 1.29 is 0 Å². The fraction of sp³-hybridized carbons (Fsp3) is 0.727. The maximum atomic E-state index is 5.79. The molecule has 0 radical (unpaired) electrons. The maximum absolute atomic E-state index is 5.79. The van der Waals surface area contributed by atoms with Crippen LogP contribution in [0.25, 0.3) is 0 Å². The molecule has 0 saturated heterocycles. The molecule has 1 atom stereocenters. The van der Waals surface area contributed by atoms with E-state index >= 15 is 0 Å². The van der Waals surface area contributed by atoms with Gasteiger partial charge in [-0.3, -0.25) is 0 Å². The number of hydrogen-bond donors (Lipinski definition) is 1. The Bertz CT molecular complexity index is 286. The quantitative estimate of drug-likeness (QED) is 0.836. The summed E-state index contributed by atoms with van der Waals surface area (Å²) in [6, 6.07) is 0. The van der Waals surface area contributed by atoms with E-state index in [0.717, 1.165) is 18.7 Å². The standard InChI is InChI=1S/C11H20N2S/c1-8-7-14-10(13-8)5-9(6-12)11(2,3)4/h7,9H,5-6,12H2,1-4H3. The highest BCUT2D eigenvalue weighted by Gasteiger charge is 2.24. The second-order valence-corrected chi connectivity index (χ2v) is 5.83. The predicted octanol–water partition coefficient (Wildman–Crippen LogP) is 2.62. The average molecular weight is 212 g/mol. The Balaban J connectivity index is 2.66. The van der Waals surface area contributed by atoms with Gasteiger partial charge in [0.25, 0.3) is 0 Å². The lowest BCUT2D eigenvalue weighted by molar-refractivity contribution is 0.245. The zero-order chi connectivity index (χ0) is 10.8. The molecule has 0 fully saturated rings. The Kier molecular flexibility index (Phi) is 3.67. The van der Waals surface area contributed by atoms with Crippen LogP contribution in [0.4, 0.5) is 0 Å². The van der Waals surface area contributed by atoms with Crippen molar-refractivity contribution in [1.82, 2.24) is 4.98 Å². The van der Waals surface area contributed by atoms with Gasteiger partial charge in [-0.1, -0.05) is 20.8 Å². The van der Waals surface area contributed by atoms with E-state index < -0.39 is 0 Å². The number of thiazole rings is 1. The molecule has 14 heavy (non-hydrogen) atoms. The summed E-state index contributed by atoms with van der Waals surface area (Å²) in [7, 11) is 0. The summed E-state index contributed by atoms with van der Waals surface area (Å²) in [6.07, 6.45) is 1.01. The first-order valence-electron chi connectivity index (χ1n) is 5.04. The van der Waals surface area contributed by atoms with Crippen LogP contribution >= 0.6 is 11.3 Å².